The Morgan fingerprint density at radius 3 is 2.82 bits per heavy atom. The first kappa shape index (κ1) is 13.4. The summed E-state index contributed by atoms with van der Waals surface area (Å²) in [6, 6.07) is 4.17. The molecule has 1 atom stereocenters. The highest BCUT2D eigenvalue weighted by molar-refractivity contribution is 5.75. The molecule has 0 aliphatic heterocycles. The lowest BCUT2D eigenvalue weighted by molar-refractivity contribution is -0.121. The number of ether oxygens (including phenoxy) is 1. The van der Waals surface area contributed by atoms with Gasteiger partial charge in [-0.1, -0.05) is 6.07 Å². The summed E-state index contributed by atoms with van der Waals surface area (Å²) in [7, 11) is 1.55. The molecule has 0 aliphatic carbocycles. The van der Waals surface area contributed by atoms with Crippen molar-refractivity contribution in [1.82, 2.24) is 5.32 Å². The highest BCUT2D eigenvalue weighted by Crippen LogP contribution is 2.20. The lowest BCUT2D eigenvalue weighted by Gasteiger charge is -2.10. The van der Waals surface area contributed by atoms with Crippen molar-refractivity contribution in [2.75, 3.05) is 13.7 Å². The van der Waals surface area contributed by atoms with E-state index in [9.17, 15) is 9.18 Å². The lowest BCUT2D eigenvalue weighted by Crippen LogP contribution is -2.20. The number of amides is 1. The van der Waals surface area contributed by atoms with E-state index >= 15 is 0 Å². The van der Waals surface area contributed by atoms with Gasteiger partial charge in [0.05, 0.1) is 13.0 Å². The minimum absolute atomic E-state index is 0.113. The van der Waals surface area contributed by atoms with Crippen LogP contribution in [-0.2, 0) is 4.79 Å². The van der Waals surface area contributed by atoms with Crippen LogP contribution in [0.2, 0.25) is 0 Å². The highest BCUT2D eigenvalue weighted by atomic mass is 19.1. The second kappa shape index (κ2) is 6.20. The van der Waals surface area contributed by atoms with Gasteiger partial charge in [-0.3, -0.25) is 4.79 Å². The molecule has 1 amide bonds. The predicted molar refractivity (Wildman–Crippen MR) is 63.2 cm³/mol. The first-order valence-electron chi connectivity index (χ1n) is 5.43. The van der Waals surface area contributed by atoms with E-state index in [1.165, 1.54) is 6.07 Å². The number of carbonyl (C=O) groups is 1. The maximum absolute atomic E-state index is 13.5. The molecule has 1 unspecified atom stereocenters. The predicted octanol–water partition coefficient (Wildman–Crippen LogP) is 1.36. The highest BCUT2D eigenvalue weighted by Gasteiger charge is 2.08. The Kier molecular flexibility index (Phi) is 4.90. The van der Waals surface area contributed by atoms with Gasteiger partial charge in [-0.15, -0.1) is 0 Å². The van der Waals surface area contributed by atoms with Crippen molar-refractivity contribution in [3.05, 3.63) is 29.6 Å². The number of benzene rings is 1. The summed E-state index contributed by atoms with van der Waals surface area (Å²) < 4.78 is 18.8. The molecule has 0 heterocycles. The molecule has 1 aromatic carbocycles. The third-order valence-corrected chi connectivity index (χ3v) is 2.34. The number of nitrogens with one attached hydrogen (secondary N) is 1. The van der Waals surface area contributed by atoms with Gasteiger partial charge in [0.25, 0.3) is 0 Å². The Balaban J connectivity index is 2.56. The van der Waals surface area contributed by atoms with Crippen molar-refractivity contribution in [3.63, 3.8) is 0 Å². The number of hydrogen-bond donors (Lipinski definition) is 2. The molecule has 4 nitrogen and oxygen atoms in total. The van der Waals surface area contributed by atoms with E-state index < -0.39 is 5.82 Å². The van der Waals surface area contributed by atoms with Crippen LogP contribution < -0.4 is 15.8 Å². The Morgan fingerprint density at radius 1 is 1.59 bits per heavy atom. The third kappa shape index (κ3) is 4.03. The summed E-state index contributed by atoms with van der Waals surface area (Å²) in [6.07, 6.45) is 0.243. The van der Waals surface area contributed by atoms with Gasteiger partial charge < -0.3 is 15.8 Å². The van der Waals surface area contributed by atoms with E-state index in [0.29, 0.717) is 11.3 Å². The van der Waals surface area contributed by atoms with Crippen molar-refractivity contribution in [2.45, 2.75) is 19.4 Å². The van der Waals surface area contributed by atoms with Crippen LogP contribution >= 0.6 is 0 Å². The average Bonchev–Trinajstić information content (AvgIpc) is 2.28. The Bertz CT molecular complexity index is 394. The molecule has 0 aliphatic rings. The number of rotatable bonds is 5. The summed E-state index contributed by atoms with van der Waals surface area (Å²) in [5, 5.41) is 2.48. The minimum atomic E-state index is -0.391. The monoisotopic (exact) mass is 240 g/mol. The van der Waals surface area contributed by atoms with Gasteiger partial charge in [-0.2, -0.15) is 0 Å². The second-order valence-electron chi connectivity index (χ2n) is 3.74. The minimum Gasteiger partial charge on any atom is -0.493 e. The normalized spacial score (nSPS) is 12.0. The molecule has 0 saturated heterocycles. The topological polar surface area (TPSA) is 64.3 Å². The number of carbonyl (C=O) groups excluding carboxylic acids is 1. The van der Waals surface area contributed by atoms with Crippen LogP contribution in [-0.4, -0.2) is 19.6 Å². The van der Waals surface area contributed by atoms with Gasteiger partial charge in [-0.25, -0.2) is 4.39 Å². The summed E-state index contributed by atoms with van der Waals surface area (Å²) in [6.45, 7) is 1.93. The summed E-state index contributed by atoms with van der Waals surface area (Å²) >= 11 is 0. The SMILES string of the molecule is CNC(=O)CCOc1ccc(C(C)N)c(F)c1. The molecule has 3 N–H and O–H groups in total. The van der Waals surface area contributed by atoms with Crippen LogP contribution in [0.4, 0.5) is 4.39 Å². The van der Waals surface area contributed by atoms with E-state index in [1.807, 2.05) is 0 Å². The van der Waals surface area contributed by atoms with E-state index in [4.69, 9.17) is 10.5 Å². The van der Waals surface area contributed by atoms with Crippen molar-refractivity contribution in [3.8, 4) is 5.75 Å². The molecular weight excluding hydrogens is 223 g/mol. The molecular formula is C12H17FN2O2. The fourth-order valence-corrected chi connectivity index (χ4v) is 1.35. The smallest absolute Gasteiger partial charge is 0.223 e. The van der Waals surface area contributed by atoms with Crippen molar-refractivity contribution < 1.29 is 13.9 Å². The molecule has 17 heavy (non-hydrogen) atoms. The van der Waals surface area contributed by atoms with Gasteiger partial charge in [0, 0.05) is 24.7 Å². The van der Waals surface area contributed by atoms with Crippen LogP contribution in [0, 0.1) is 5.82 Å². The van der Waals surface area contributed by atoms with E-state index in [-0.39, 0.29) is 25.0 Å². The van der Waals surface area contributed by atoms with Crippen LogP contribution in [0.3, 0.4) is 0 Å². The molecule has 0 aromatic heterocycles. The number of hydrogen-bond acceptors (Lipinski definition) is 3. The number of halogens is 1. The van der Waals surface area contributed by atoms with Crippen molar-refractivity contribution in [1.29, 1.82) is 0 Å². The van der Waals surface area contributed by atoms with Gasteiger partial charge in [-0.05, 0) is 13.0 Å². The summed E-state index contributed by atoms with van der Waals surface area (Å²) in [4.78, 5) is 10.9. The second-order valence-corrected chi connectivity index (χ2v) is 3.74. The quantitative estimate of drug-likeness (QED) is 0.816. The summed E-state index contributed by atoms with van der Waals surface area (Å²) in [5.74, 6) is -0.106. The fraction of sp³-hybridized carbons (Fsp3) is 0.417. The molecule has 94 valence electrons. The number of nitrogens with two attached hydrogens (primary N) is 1. The van der Waals surface area contributed by atoms with E-state index in [2.05, 4.69) is 5.32 Å². The first-order chi connectivity index (χ1) is 8.04. The third-order valence-electron chi connectivity index (χ3n) is 2.34. The molecule has 0 bridgehead atoms. The first-order valence-corrected chi connectivity index (χ1v) is 5.43. The van der Waals surface area contributed by atoms with Gasteiger partial charge in [0.2, 0.25) is 5.91 Å². The van der Waals surface area contributed by atoms with Crippen molar-refractivity contribution >= 4 is 5.91 Å². The molecule has 1 rings (SSSR count). The van der Waals surface area contributed by atoms with E-state index in [0.717, 1.165) is 0 Å². The zero-order chi connectivity index (χ0) is 12.8. The Labute approximate surface area is 100.0 Å². The fourth-order valence-electron chi connectivity index (χ4n) is 1.35. The zero-order valence-corrected chi connectivity index (χ0v) is 10.00. The van der Waals surface area contributed by atoms with Gasteiger partial charge in [0.1, 0.15) is 11.6 Å². The molecule has 0 spiro atoms. The zero-order valence-electron chi connectivity index (χ0n) is 10.00. The largest absolute Gasteiger partial charge is 0.493 e. The average molecular weight is 240 g/mol. The van der Waals surface area contributed by atoms with Gasteiger partial charge in [0.15, 0.2) is 0 Å². The van der Waals surface area contributed by atoms with Crippen molar-refractivity contribution in [2.24, 2.45) is 5.73 Å². The molecule has 0 radical (unpaired) electrons. The molecule has 5 heteroatoms. The Hall–Kier alpha value is -1.62. The standard InChI is InChI=1S/C12H17FN2O2/c1-8(14)10-4-3-9(7-11(10)13)17-6-5-12(16)15-2/h3-4,7-8H,5-6,14H2,1-2H3,(H,15,16). The van der Waals surface area contributed by atoms with Crippen LogP contribution in [0.15, 0.2) is 18.2 Å². The Morgan fingerprint density at radius 2 is 2.29 bits per heavy atom. The van der Waals surface area contributed by atoms with E-state index in [1.54, 1.807) is 26.1 Å². The summed E-state index contributed by atoms with van der Waals surface area (Å²) in [5.41, 5.74) is 6.04. The van der Waals surface area contributed by atoms with Crippen LogP contribution in [0.25, 0.3) is 0 Å². The van der Waals surface area contributed by atoms with Crippen LogP contribution in [0.1, 0.15) is 24.9 Å². The molecule has 1 aromatic rings. The van der Waals surface area contributed by atoms with Gasteiger partial charge >= 0.3 is 0 Å². The maximum Gasteiger partial charge on any atom is 0.223 e. The van der Waals surface area contributed by atoms with Crippen LogP contribution in [0.5, 0.6) is 5.75 Å². The lowest BCUT2D eigenvalue weighted by atomic mass is 10.1. The maximum atomic E-state index is 13.5. The molecule has 0 fully saturated rings. The molecule has 0 saturated carbocycles.